The van der Waals surface area contributed by atoms with E-state index in [9.17, 15) is 4.79 Å². The summed E-state index contributed by atoms with van der Waals surface area (Å²) in [5, 5.41) is 6.52. The highest BCUT2D eigenvalue weighted by molar-refractivity contribution is 5.76. The molecule has 0 aromatic heterocycles. The highest BCUT2D eigenvalue weighted by Crippen LogP contribution is 2.19. The summed E-state index contributed by atoms with van der Waals surface area (Å²) in [6.07, 6.45) is 14.4. The molecule has 0 aliphatic heterocycles. The van der Waals surface area contributed by atoms with Gasteiger partial charge in [-0.2, -0.15) is 0 Å². The van der Waals surface area contributed by atoms with E-state index in [1.54, 1.807) is 0 Å². The Morgan fingerprint density at radius 3 is 2.74 bits per heavy atom. The lowest BCUT2D eigenvalue weighted by Crippen LogP contribution is -2.32. The van der Waals surface area contributed by atoms with Gasteiger partial charge in [-0.3, -0.25) is 4.79 Å². The van der Waals surface area contributed by atoms with Crippen LogP contribution in [0.5, 0.6) is 0 Å². The maximum absolute atomic E-state index is 11.7. The molecule has 0 atom stereocenters. The topological polar surface area (TPSA) is 41.1 Å². The van der Waals surface area contributed by atoms with Crippen molar-refractivity contribution in [2.75, 3.05) is 13.1 Å². The number of hydrogen-bond donors (Lipinski definition) is 2. The lowest BCUT2D eigenvalue weighted by Gasteiger charge is -2.14. The number of amides is 1. The van der Waals surface area contributed by atoms with Gasteiger partial charge in [-0.1, -0.05) is 24.5 Å². The Kier molecular flexibility index (Phi) is 6.42. The van der Waals surface area contributed by atoms with E-state index >= 15 is 0 Å². The molecule has 2 aliphatic rings. The molecular weight excluding hydrogens is 236 g/mol. The number of nitrogens with one attached hydrogen (secondary N) is 2. The Hall–Kier alpha value is -0.830. The van der Waals surface area contributed by atoms with Gasteiger partial charge in [-0.05, 0) is 44.9 Å². The quantitative estimate of drug-likeness (QED) is 0.694. The third-order valence-electron chi connectivity index (χ3n) is 4.29. The van der Waals surface area contributed by atoms with Gasteiger partial charge >= 0.3 is 0 Å². The fraction of sp³-hybridized carbons (Fsp3) is 0.812. The highest BCUT2D eigenvalue weighted by Gasteiger charge is 2.14. The van der Waals surface area contributed by atoms with E-state index in [2.05, 4.69) is 16.7 Å². The molecule has 0 saturated heterocycles. The smallest absolute Gasteiger partial charge is 0.221 e. The molecule has 0 unspecified atom stereocenters. The van der Waals surface area contributed by atoms with Crippen molar-refractivity contribution in [3.05, 3.63) is 11.6 Å². The van der Waals surface area contributed by atoms with Gasteiger partial charge in [0.15, 0.2) is 0 Å². The second-order valence-electron chi connectivity index (χ2n) is 5.89. The van der Waals surface area contributed by atoms with Crippen LogP contribution < -0.4 is 10.6 Å². The minimum Gasteiger partial charge on any atom is -0.356 e. The van der Waals surface area contributed by atoms with Gasteiger partial charge in [-0.15, -0.1) is 0 Å². The summed E-state index contributed by atoms with van der Waals surface area (Å²) in [5.41, 5.74) is 1.54. The van der Waals surface area contributed by atoms with Gasteiger partial charge in [0, 0.05) is 25.6 Å². The fourth-order valence-electron chi connectivity index (χ4n) is 3.10. The Bertz CT molecular complexity index is 306. The molecule has 0 heterocycles. The lowest BCUT2D eigenvalue weighted by molar-refractivity contribution is -0.120. The van der Waals surface area contributed by atoms with Crippen LogP contribution in [0.15, 0.2) is 11.6 Å². The van der Waals surface area contributed by atoms with E-state index in [1.165, 1.54) is 56.9 Å². The Balaban J connectivity index is 1.48. The molecule has 1 saturated carbocycles. The van der Waals surface area contributed by atoms with Crippen LogP contribution in [0.4, 0.5) is 0 Å². The molecule has 2 N–H and O–H groups in total. The minimum atomic E-state index is 0.196. The van der Waals surface area contributed by atoms with E-state index in [4.69, 9.17) is 0 Å². The van der Waals surface area contributed by atoms with Crippen LogP contribution in [0.25, 0.3) is 0 Å². The monoisotopic (exact) mass is 264 g/mol. The SMILES string of the molecule is O=C(CCNC1CCCC1)NCCC1=CCCCC1. The first kappa shape index (κ1) is 14.6. The normalized spacial score (nSPS) is 20.3. The molecule has 0 aromatic rings. The number of hydrogen-bond acceptors (Lipinski definition) is 2. The predicted octanol–water partition coefficient (Wildman–Crippen LogP) is 2.92. The Morgan fingerprint density at radius 2 is 2.00 bits per heavy atom. The molecular formula is C16H28N2O. The summed E-state index contributed by atoms with van der Waals surface area (Å²) in [7, 11) is 0. The summed E-state index contributed by atoms with van der Waals surface area (Å²) >= 11 is 0. The van der Waals surface area contributed by atoms with Gasteiger partial charge in [-0.25, -0.2) is 0 Å². The van der Waals surface area contributed by atoms with E-state index in [0.717, 1.165) is 19.5 Å². The van der Waals surface area contributed by atoms with Crippen LogP contribution in [0.2, 0.25) is 0 Å². The fourth-order valence-corrected chi connectivity index (χ4v) is 3.10. The average Bonchev–Trinajstić information content (AvgIpc) is 2.93. The van der Waals surface area contributed by atoms with Crippen molar-refractivity contribution in [2.45, 2.75) is 70.3 Å². The van der Waals surface area contributed by atoms with Crippen LogP contribution in [0, 0.1) is 0 Å². The Labute approximate surface area is 117 Å². The van der Waals surface area contributed by atoms with Gasteiger partial charge < -0.3 is 10.6 Å². The molecule has 3 nitrogen and oxygen atoms in total. The number of carbonyl (C=O) groups is 1. The third kappa shape index (κ3) is 5.77. The molecule has 19 heavy (non-hydrogen) atoms. The largest absolute Gasteiger partial charge is 0.356 e. The molecule has 2 aliphatic carbocycles. The van der Waals surface area contributed by atoms with E-state index in [-0.39, 0.29) is 5.91 Å². The average molecular weight is 264 g/mol. The lowest BCUT2D eigenvalue weighted by atomic mass is 9.97. The van der Waals surface area contributed by atoms with Crippen molar-refractivity contribution < 1.29 is 4.79 Å². The molecule has 0 radical (unpaired) electrons. The maximum Gasteiger partial charge on any atom is 0.221 e. The van der Waals surface area contributed by atoms with Crippen molar-refractivity contribution in [2.24, 2.45) is 0 Å². The van der Waals surface area contributed by atoms with Crippen LogP contribution >= 0.6 is 0 Å². The van der Waals surface area contributed by atoms with Crippen molar-refractivity contribution >= 4 is 5.91 Å². The second-order valence-corrected chi connectivity index (χ2v) is 5.89. The maximum atomic E-state index is 11.7. The van der Waals surface area contributed by atoms with Gasteiger partial charge in [0.1, 0.15) is 0 Å². The van der Waals surface area contributed by atoms with Crippen molar-refractivity contribution in [3.8, 4) is 0 Å². The van der Waals surface area contributed by atoms with Crippen molar-refractivity contribution in [1.29, 1.82) is 0 Å². The number of rotatable bonds is 7. The number of allylic oxidation sites excluding steroid dienone is 1. The van der Waals surface area contributed by atoms with E-state index in [1.807, 2.05) is 0 Å². The van der Waals surface area contributed by atoms with Crippen LogP contribution in [0.3, 0.4) is 0 Å². The molecule has 0 aromatic carbocycles. The third-order valence-corrected chi connectivity index (χ3v) is 4.29. The van der Waals surface area contributed by atoms with Crippen LogP contribution in [-0.4, -0.2) is 25.0 Å². The van der Waals surface area contributed by atoms with Crippen LogP contribution in [-0.2, 0) is 4.79 Å². The van der Waals surface area contributed by atoms with E-state index in [0.29, 0.717) is 12.5 Å². The molecule has 0 bridgehead atoms. The first-order valence-electron chi connectivity index (χ1n) is 8.02. The first-order chi connectivity index (χ1) is 9.34. The standard InChI is InChI=1S/C16H28N2O/c19-16(11-13-17-15-8-4-5-9-15)18-12-10-14-6-2-1-3-7-14/h6,15,17H,1-5,7-13H2,(H,18,19). The van der Waals surface area contributed by atoms with Crippen LogP contribution in [0.1, 0.15) is 64.2 Å². The Morgan fingerprint density at radius 1 is 1.16 bits per heavy atom. The zero-order chi connectivity index (χ0) is 13.3. The summed E-state index contributed by atoms with van der Waals surface area (Å²) in [5.74, 6) is 0.196. The zero-order valence-corrected chi connectivity index (χ0v) is 12.0. The van der Waals surface area contributed by atoms with Crippen molar-refractivity contribution in [1.82, 2.24) is 10.6 Å². The molecule has 0 spiro atoms. The van der Waals surface area contributed by atoms with Crippen molar-refractivity contribution in [3.63, 3.8) is 0 Å². The van der Waals surface area contributed by atoms with Gasteiger partial charge in [0.25, 0.3) is 0 Å². The molecule has 108 valence electrons. The van der Waals surface area contributed by atoms with E-state index < -0.39 is 0 Å². The molecule has 2 rings (SSSR count). The predicted molar refractivity (Wildman–Crippen MR) is 79.1 cm³/mol. The van der Waals surface area contributed by atoms with Gasteiger partial charge in [0.2, 0.25) is 5.91 Å². The summed E-state index contributed by atoms with van der Waals surface area (Å²) in [4.78, 5) is 11.7. The first-order valence-corrected chi connectivity index (χ1v) is 8.02. The summed E-state index contributed by atoms with van der Waals surface area (Å²) < 4.78 is 0. The minimum absolute atomic E-state index is 0.196. The summed E-state index contributed by atoms with van der Waals surface area (Å²) in [6, 6.07) is 0.667. The molecule has 1 fully saturated rings. The van der Waals surface area contributed by atoms with Gasteiger partial charge in [0.05, 0.1) is 0 Å². The summed E-state index contributed by atoms with van der Waals surface area (Å²) in [6.45, 7) is 1.65. The highest BCUT2D eigenvalue weighted by atomic mass is 16.1. The second kappa shape index (κ2) is 8.36. The number of carbonyl (C=O) groups excluding carboxylic acids is 1. The molecule has 1 amide bonds. The molecule has 3 heteroatoms. The zero-order valence-electron chi connectivity index (χ0n) is 12.0.